The Balaban J connectivity index is 2.21. The molecule has 5 heteroatoms. The van der Waals surface area contributed by atoms with Gasteiger partial charge in [0.2, 0.25) is 0 Å². The van der Waals surface area contributed by atoms with Crippen molar-refractivity contribution in [3.05, 3.63) is 63.6 Å². The van der Waals surface area contributed by atoms with Crippen LogP contribution in [0, 0.1) is 0 Å². The van der Waals surface area contributed by atoms with Crippen LogP contribution in [0.3, 0.4) is 0 Å². The van der Waals surface area contributed by atoms with Gasteiger partial charge in [-0.3, -0.25) is 9.36 Å². The van der Waals surface area contributed by atoms with E-state index in [1.54, 1.807) is 0 Å². The number of benzene rings is 1. The summed E-state index contributed by atoms with van der Waals surface area (Å²) < 4.78 is 6.79. The molecule has 1 N–H and O–H groups in total. The van der Waals surface area contributed by atoms with Gasteiger partial charge in [0.25, 0.3) is 5.56 Å². The SMILES string of the molecule is O=C(O)c1ccc(=O)n(-c2cccc3c2CCOC3)c1. The number of hydrogen-bond acceptors (Lipinski definition) is 3. The number of pyridine rings is 1. The summed E-state index contributed by atoms with van der Waals surface area (Å²) in [4.78, 5) is 23.1. The third-order valence-corrected chi connectivity index (χ3v) is 3.42. The third-order valence-electron chi connectivity index (χ3n) is 3.42. The summed E-state index contributed by atoms with van der Waals surface area (Å²) in [6.45, 7) is 1.13. The Morgan fingerprint density at radius 2 is 2.10 bits per heavy atom. The fourth-order valence-electron chi connectivity index (χ4n) is 2.43. The van der Waals surface area contributed by atoms with Crippen molar-refractivity contribution < 1.29 is 14.6 Å². The minimum absolute atomic E-state index is 0.0919. The van der Waals surface area contributed by atoms with Crippen molar-refractivity contribution in [2.75, 3.05) is 6.61 Å². The van der Waals surface area contributed by atoms with E-state index in [4.69, 9.17) is 9.84 Å². The lowest BCUT2D eigenvalue weighted by atomic mass is 10.0. The highest BCUT2D eigenvalue weighted by Crippen LogP contribution is 2.23. The van der Waals surface area contributed by atoms with Crippen molar-refractivity contribution in [3.8, 4) is 5.69 Å². The molecule has 0 bridgehead atoms. The fraction of sp³-hybridized carbons (Fsp3) is 0.200. The van der Waals surface area contributed by atoms with Crippen molar-refractivity contribution in [1.29, 1.82) is 0 Å². The maximum absolute atomic E-state index is 12.0. The number of carbonyl (C=O) groups is 1. The second kappa shape index (κ2) is 4.94. The average molecular weight is 271 g/mol. The molecule has 0 spiro atoms. The normalized spacial score (nSPS) is 13.8. The summed E-state index contributed by atoms with van der Waals surface area (Å²) in [6, 6.07) is 8.24. The van der Waals surface area contributed by atoms with Gasteiger partial charge in [-0.05, 0) is 29.7 Å². The first-order chi connectivity index (χ1) is 9.66. The first-order valence-electron chi connectivity index (χ1n) is 6.32. The minimum atomic E-state index is -1.05. The minimum Gasteiger partial charge on any atom is -0.478 e. The van der Waals surface area contributed by atoms with Crippen LogP contribution in [0.5, 0.6) is 0 Å². The zero-order chi connectivity index (χ0) is 14.1. The quantitative estimate of drug-likeness (QED) is 0.901. The van der Waals surface area contributed by atoms with Crippen LogP contribution in [0.15, 0.2) is 41.3 Å². The molecule has 2 heterocycles. The average Bonchev–Trinajstić information content (AvgIpc) is 2.47. The number of rotatable bonds is 2. The van der Waals surface area contributed by atoms with E-state index in [0.717, 1.165) is 23.2 Å². The second-order valence-corrected chi connectivity index (χ2v) is 4.65. The number of carboxylic acid groups (broad SMARTS) is 1. The summed E-state index contributed by atoms with van der Waals surface area (Å²) in [7, 11) is 0. The summed E-state index contributed by atoms with van der Waals surface area (Å²) in [5.74, 6) is -1.05. The molecule has 102 valence electrons. The van der Waals surface area contributed by atoms with Crippen LogP contribution in [0.4, 0.5) is 0 Å². The molecule has 0 fully saturated rings. The summed E-state index contributed by atoms with van der Waals surface area (Å²) >= 11 is 0. The highest BCUT2D eigenvalue weighted by atomic mass is 16.5. The van der Waals surface area contributed by atoms with Gasteiger partial charge in [-0.1, -0.05) is 12.1 Å². The van der Waals surface area contributed by atoms with Crippen molar-refractivity contribution in [2.24, 2.45) is 0 Å². The van der Waals surface area contributed by atoms with Gasteiger partial charge in [0, 0.05) is 12.3 Å². The lowest BCUT2D eigenvalue weighted by Crippen LogP contribution is -2.22. The van der Waals surface area contributed by atoms with E-state index in [2.05, 4.69) is 0 Å². The number of carboxylic acids is 1. The van der Waals surface area contributed by atoms with Crippen LogP contribution in [0.2, 0.25) is 0 Å². The Morgan fingerprint density at radius 3 is 2.90 bits per heavy atom. The molecule has 1 aliphatic heterocycles. The highest BCUT2D eigenvalue weighted by Gasteiger charge is 2.15. The molecular formula is C15H13NO4. The van der Waals surface area contributed by atoms with Gasteiger partial charge in [-0.2, -0.15) is 0 Å². The first-order valence-corrected chi connectivity index (χ1v) is 6.32. The van der Waals surface area contributed by atoms with Gasteiger partial charge in [0.1, 0.15) is 0 Å². The van der Waals surface area contributed by atoms with E-state index < -0.39 is 5.97 Å². The van der Waals surface area contributed by atoms with Crippen molar-refractivity contribution in [3.63, 3.8) is 0 Å². The number of ether oxygens (including phenoxy) is 1. The van der Waals surface area contributed by atoms with Crippen molar-refractivity contribution in [1.82, 2.24) is 4.57 Å². The lowest BCUT2D eigenvalue weighted by Gasteiger charge is -2.20. The predicted octanol–water partition coefficient (Wildman–Crippen LogP) is 1.61. The van der Waals surface area contributed by atoms with Gasteiger partial charge in [-0.15, -0.1) is 0 Å². The zero-order valence-electron chi connectivity index (χ0n) is 10.7. The standard InChI is InChI=1S/C15H13NO4/c17-14-5-4-10(15(18)19)8-16(14)13-3-1-2-11-9-20-7-6-12(11)13/h1-5,8H,6-7,9H2,(H,18,19). The molecule has 5 nitrogen and oxygen atoms in total. The Bertz CT molecular complexity index is 733. The molecule has 1 aromatic heterocycles. The predicted molar refractivity (Wildman–Crippen MR) is 72.4 cm³/mol. The molecule has 2 aromatic rings. The van der Waals surface area contributed by atoms with E-state index in [9.17, 15) is 9.59 Å². The molecule has 0 unspecified atom stereocenters. The van der Waals surface area contributed by atoms with Crippen molar-refractivity contribution in [2.45, 2.75) is 13.0 Å². The van der Waals surface area contributed by atoms with E-state index in [0.29, 0.717) is 13.2 Å². The number of nitrogens with zero attached hydrogens (tertiary/aromatic N) is 1. The van der Waals surface area contributed by atoms with Gasteiger partial charge in [-0.25, -0.2) is 4.79 Å². The number of hydrogen-bond donors (Lipinski definition) is 1. The van der Waals surface area contributed by atoms with Gasteiger partial charge in [0.05, 0.1) is 24.5 Å². The van der Waals surface area contributed by atoms with Gasteiger partial charge in [0.15, 0.2) is 0 Å². The number of fused-ring (bicyclic) bond motifs is 1. The fourth-order valence-corrected chi connectivity index (χ4v) is 2.43. The Kier molecular flexibility index (Phi) is 3.12. The molecule has 0 atom stereocenters. The second-order valence-electron chi connectivity index (χ2n) is 4.65. The maximum Gasteiger partial charge on any atom is 0.337 e. The molecule has 3 rings (SSSR count). The topological polar surface area (TPSA) is 68.5 Å². The highest BCUT2D eigenvalue weighted by molar-refractivity contribution is 5.87. The van der Waals surface area contributed by atoms with Crippen LogP contribution in [0.25, 0.3) is 5.69 Å². The van der Waals surface area contributed by atoms with Gasteiger partial charge < -0.3 is 9.84 Å². The van der Waals surface area contributed by atoms with Crippen LogP contribution in [0.1, 0.15) is 21.5 Å². The molecule has 0 amide bonds. The largest absolute Gasteiger partial charge is 0.478 e. The molecule has 0 saturated carbocycles. The summed E-state index contributed by atoms with van der Waals surface area (Å²) in [6.07, 6.45) is 2.09. The molecule has 1 aliphatic rings. The Morgan fingerprint density at radius 1 is 1.25 bits per heavy atom. The van der Waals surface area contributed by atoms with E-state index in [1.165, 1.54) is 22.9 Å². The van der Waals surface area contributed by atoms with Crippen LogP contribution in [-0.4, -0.2) is 22.2 Å². The van der Waals surface area contributed by atoms with E-state index >= 15 is 0 Å². The summed E-state index contributed by atoms with van der Waals surface area (Å²) in [5.41, 5.74) is 2.67. The monoisotopic (exact) mass is 271 g/mol. The zero-order valence-corrected chi connectivity index (χ0v) is 10.7. The van der Waals surface area contributed by atoms with Crippen LogP contribution >= 0.6 is 0 Å². The molecular weight excluding hydrogens is 258 g/mol. The summed E-state index contributed by atoms with van der Waals surface area (Å²) in [5, 5.41) is 9.05. The van der Waals surface area contributed by atoms with Crippen LogP contribution < -0.4 is 5.56 Å². The Labute approximate surface area is 115 Å². The first kappa shape index (κ1) is 12.6. The molecule has 0 aliphatic carbocycles. The van der Waals surface area contributed by atoms with Crippen LogP contribution in [-0.2, 0) is 17.8 Å². The van der Waals surface area contributed by atoms with E-state index in [-0.39, 0.29) is 11.1 Å². The van der Waals surface area contributed by atoms with Gasteiger partial charge >= 0.3 is 5.97 Å². The molecule has 0 radical (unpaired) electrons. The number of aromatic nitrogens is 1. The molecule has 0 saturated heterocycles. The lowest BCUT2D eigenvalue weighted by molar-refractivity contribution is 0.0696. The third kappa shape index (κ3) is 2.12. The molecule has 20 heavy (non-hydrogen) atoms. The Hall–Kier alpha value is -2.40. The molecule has 1 aromatic carbocycles. The maximum atomic E-state index is 12.0. The number of aromatic carboxylic acids is 1. The van der Waals surface area contributed by atoms with E-state index in [1.807, 2.05) is 18.2 Å². The van der Waals surface area contributed by atoms with Crippen molar-refractivity contribution >= 4 is 5.97 Å². The smallest absolute Gasteiger partial charge is 0.337 e.